The van der Waals surface area contributed by atoms with Crippen molar-refractivity contribution in [1.82, 2.24) is 35.2 Å². The van der Waals surface area contributed by atoms with E-state index in [9.17, 15) is 0 Å². The summed E-state index contributed by atoms with van der Waals surface area (Å²) in [6.45, 7) is 7.01. The van der Waals surface area contributed by atoms with Crippen molar-refractivity contribution >= 4 is 62.5 Å². The smallest absolute Gasteiger partial charge is 0.205 e. The van der Waals surface area contributed by atoms with Gasteiger partial charge in [0.25, 0.3) is 0 Å². The van der Waals surface area contributed by atoms with Gasteiger partial charge >= 0.3 is 0 Å². The van der Waals surface area contributed by atoms with E-state index in [0.717, 1.165) is 52.3 Å². The molecule has 0 aliphatic heterocycles. The number of aryl methyl sites for hydroxylation is 3. The molecule has 155 valence electrons. The molecule has 3 heterocycles. The molecule has 0 saturated carbocycles. The van der Waals surface area contributed by atoms with Crippen molar-refractivity contribution in [3.8, 4) is 22.5 Å². The van der Waals surface area contributed by atoms with Gasteiger partial charge in [0.1, 0.15) is 11.3 Å². The Balaban J connectivity index is 0.00000245. The first kappa shape index (κ1) is 22.9. The Morgan fingerprint density at radius 2 is 1.69 bits per heavy atom. The normalized spacial score (nSPS) is 11.0. The molecule has 32 heavy (non-hydrogen) atoms. The molecular formula is C24H23KN7. The van der Waals surface area contributed by atoms with Crippen LogP contribution in [0.4, 0.5) is 0 Å². The molecule has 2 aromatic carbocycles. The van der Waals surface area contributed by atoms with Gasteiger partial charge in [-0.15, -0.1) is 10.2 Å². The van der Waals surface area contributed by atoms with Crippen molar-refractivity contribution in [2.24, 2.45) is 0 Å². The van der Waals surface area contributed by atoms with Gasteiger partial charge in [-0.3, -0.25) is 0 Å². The van der Waals surface area contributed by atoms with E-state index in [1.165, 1.54) is 11.1 Å². The predicted octanol–water partition coefficient (Wildman–Crippen LogP) is 4.13. The molecule has 0 bridgehead atoms. The van der Waals surface area contributed by atoms with Crippen LogP contribution in [-0.2, 0) is 13.0 Å². The molecule has 0 aliphatic rings. The zero-order valence-corrected chi connectivity index (χ0v) is 21.9. The van der Waals surface area contributed by atoms with E-state index in [0.29, 0.717) is 5.82 Å². The van der Waals surface area contributed by atoms with Gasteiger partial charge in [-0.2, -0.15) is 5.21 Å². The van der Waals surface area contributed by atoms with Gasteiger partial charge in [0.15, 0.2) is 5.65 Å². The minimum Gasteiger partial charge on any atom is -0.308 e. The second-order valence-electron chi connectivity index (χ2n) is 7.70. The van der Waals surface area contributed by atoms with Crippen LogP contribution >= 0.6 is 0 Å². The maximum absolute atomic E-state index is 4.85. The van der Waals surface area contributed by atoms with Crippen LogP contribution < -0.4 is 0 Å². The zero-order valence-electron chi connectivity index (χ0n) is 18.8. The van der Waals surface area contributed by atoms with Gasteiger partial charge in [-0.25, -0.2) is 9.97 Å². The summed E-state index contributed by atoms with van der Waals surface area (Å²) in [6.07, 6.45) is 0.866. The molecule has 0 atom stereocenters. The number of fused-ring (bicyclic) bond motifs is 1. The number of imidazole rings is 1. The Hall–Kier alpha value is -2.23. The molecule has 8 heteroatoms. The minimum atomic E-state index is 0. The van der Waals surface area contributed by atoms with Gasteiger partial charge in [0.05, 0.1) is 6.54 Å². The summed E-state index contributed by atoms with van der Waals surface area (Å²) in [4.78, 5) is 9.64. The first-order chi connectivity index (χ1) is 15.1. The first-order valence-electron chi connectivity index (χ1n) is 10.4. The number of nitrogens with zero attached hydrogens (tertiary/aromatic N) is 6. The second-order valence-corrected chi connectivity index (χ2v) is 7.70. The van der Waals surface area contributed by atoms with Crippen LogP contribution in [0.15, 0.2) is 54.6 Å². The van der Waals surface area contributed by atoms with Crippen molar-refractivity contribution in [3.63, 3.8) is 0 Å². The van der Waals surface area contributed by atoms with Gasteiger partial charge in [-0.1, -0.05) is 55.5 Å². The van der Waals surface area contributed by atoms with Crippen LogP contribution in [0.1, 0.15) is 29.6 Å². The van der Waals surface area contributed by atoms with E-state index in [-0.39, 0.29) is 51.4 Å². The third kappa shape index (κ3) is 4.33. The van der Waals surface area contributed by atoms with Crippen molar-refractivity contribution in [2.75, 3.05) is 0 Å². The molecule has 0 saturated heterocycles. The number of rotatable bonds is 5. The Morgan fingerprint density at radius 3 is 2.38 bits per heavy atom. The zero-order chi connectivity index (χ0) is 21.4. The maximum Gasteiger partial charge on any atom is 0.205 e. The van der Waals surface area contributed by atoms with Crippen molar-refractivity contribution in [3.05, 3.63) is 77.2 Å². The number of H-pyrrole nitrogens is 1. The minimum absolute atomic E-state index is 0. The number of aromatic nitrogens is 7. The summed E-state index contributed by atoms with van der Waals surface area (Å²) < 4.78 is 2.23. The number of hydrogen-bond donors (Lipinski definition) is 1. The van der Waals surface area contributed by atoms with E-state index >= 15 is 0 Å². The molecule has 5 aromatic rings. The molecular weight excluding hydrogens is 425 g/mol. The Kier molecular flexibility index (Phi) is 6.97. The number of aromatic amines is 1. The Labute approximate surface area is 229 Å². The largest absolute Gasteiger partial charge is 0.308 e. The number of pyridine rings is 1. The maximum atomic E-state index is 4.85. The van der Waals surface area contributed by atoms with Crippen LogP contribution in [0.3, 0.4) is 0 Å². The molecule has 3 aromatic heterocycles. The van der Waals surface area contributed by atoms with Crippen LogP contribution in [0, 0.1) is 13.8 Å². The molecule has 7 nitrogen and oxygen atoms in total. The van der Waals surface area contributed by atoms with Gasteiger partial charge in [-0.05, 0) is 47.4 Å². The number of nitrogens with one attached hydrogen (secondary N) is 1. The summed E-state index contributed by atoms with van der Waals surface area (Å²) in [7, 11) is 0. The molecule has 0 amide bonds. The van der Waals surface area contributed by atoms with Crippen molar-refractivity contribution in [2.45, 2.75) is 33.7 Å². The SMILES string of the molecule is CCc1nc2c(C)cc(C)nc2n1Cc1ccc(-c2ccccc2-c2nn[nH]n2)cc1.[K]. The van der Waals surface area contributed by atoms with E-state index < -0.39 is 0 Å². The van der Waals surface area contributed by atoms with Crippen molar-refractivity contribution in [1.29, 1.82) is 0 Å². The summed E-state index contributed by atoms with van der Waals surface area (Å²) in [5.74, 6) is 1.65. The fourth-order valence-corrected chi connectivity index (χ4v) is 4.06. The molecule has 0 unspecified atom stereocenters. The molecule has 1 N–H and O–H groups in total. The monoisotopic (exact) mass is 448 g/mol. The van der Waals surface area contributed by atoms with E-state index in [2.05, 4.69) is 75.4 Å². The Morgan fingerprint density at radius 1 is 0.938 bits per heavy atom. The molecule has 5 rings (SSSR count). The topological polar surface area (TPSA) is 85.2 Å². The summed E-state index contributed by atoms with van der Waals surface area (Å²) in [6, 6.07) is 18.8. The van der Waals surface area contributed by atoms with E-state index in [1.54, 1.807) is 0 Å². The third-order valence-electron chi connectivity index (χ3n) is 5.54. The third-order valence-corrected chi connectivity index (χ3v) is 5.54. The summed E-state index contributed by atoms with van der Waals surface area (Å²) in [5.41, 5.74) is 8.48. The van der Waals surface area contributed by atoms with Crippen molar-refractivity contribution < 1.29 is 0 Å². The average Bonchev–Trinajstić information content (AvgIpc) is 3.43. The van der Waals surface area contributed by atoms with Gasteiger partial charge in [0.2, 0.25) is 5.82 Å². The number of hydrogen-bond acceptors (Lipinski definition) is 5. The second kappa shape index (κ2) is 9.72. The van der Waals surface area contributed by atoms with Crippen LogP contribution in [0.25, 0.3) is 33.7 Å². The number of benzene rings is 2. The van der Waals surface area contributed by atoms with Crippen LogP contribution in [0.5, 0.6) is 0 Å². The van der Waals surface area contributed by atoms with Crippen LogP contribution in [0.2, 0.25) is 0 Å². The summed E-state index contributed by atoms with van der Waals surface area (Å²) in [5, 5.41) is 14.5. The first-order valence-corrected chi connectivity index (χ1v) is 10.4. The summed E-state index contributed by atoms with van der Waals surface area (Å²) >= 11 is 0. The molecule has 0 aliphatic carbocycles. The molecule has 0 fully saturated rings. The predicted molar refractivity (Wildman–Crippen MR) is 126 cm³/mol. The van der Waals surface area contributed by atoms with Gasteiger partial charge in [0, 0.05) is 69.1 Å². The van der Waals surface area contributed by atoms with Crippen LogP contribution in [-0.4, -0.2) is 86.5 Å². The number of tetrazole rings is 1. The quantitative estimate of drug-likeness (QED) is 0.409. The fraction of sp³-hybridized carbons (Fsp3) is 0.208. The van der Waals surface area contributed by atoms with Gasteiger partial charge < -0.3 is 4.57 Å². The van der Waals surface area contributed by atoms with E-state index in [4.69, 9.17) is 9.97 Å². The molecule has 1 radical (unpaired) electrons. The van der Waals surface area contributed by atoms with E-state index in [1.807, 2.05) is 25.1 Å². The average molecular weight is 449 g/mol. The molecule has 0 spiro atoms. The standard InChI is InChI=1S/C24H23N7.K/c1-4-21-26-22-15(2)13-16(3)25-24(22)31(21)14-17-9-11-18(12-10-17)19-7-5-6-8-20(19)23-27-29-30-28-23;/h5-13H,4,14H2,1-3H3,(H,27,28,29,30);. The Bertz CT molecular complexity index is 1360. The fourth-order valence-electron chi connectivity index (χ4n) is 4.06.